The molecule has 0 aromatic carbocycles. The normalized spacial score (nSPS) is 24.5. The van der Waals surface area contributed by atoms with E-state index in [9.17, 15) is 10.1 Å². The van der Waals surface area contributed by atoms with Gasteiger partial charge in [-0.2, -0.15) is 5.26 Å². The predicted molar refractivity (Wildman–Crippen MR) is 98.1 cm³/mol. The molecule has 5 nitrogen and oxygen atoms in total. The molecule has 2 aliphatic rings. The molecule has 0 N–H and O–H groups in total. The summed E-state index contributed by atoms with van der Waals surface area (Å²) in [6.07, 6.45) is 8.35. The topological polar surface area (TPSA) is 60.2 Å². The van der Waals surface area contributed by atoms with Crippen molar-refractivity contribution in [3.63, 3.8) is 0 Å². The van der Waals surface area contributed by atoms with Crippen LogP contribution < -0.4 is 4.90 Å². The van der Waals surface area contributed by atoms with Crippen molar-refractivity contribution in [3.8, 4) is 6.07 Å². The van der Waals surface area contributed by atoms with Gasteiger partial charge in [0.05, 0.1) is 5.56 Å². The number of hydrogen-bond acceptors (Lipinski definition) is 4. The van der Waals surface area contributed by atoms with Gasteiger partial charge in [-0.3, -0.25) is 4.79 Å². The van der Waals surface area contributed by atoms with Crippen LogP contribution in [0.5, 0.6) is 0 Å². The van der Waals surface area contributed by atoms with Gasteiger partial charge in [-0.05, 0) is 43.2 Å². The van der Waals surface area contributed by atoms with Crippen LogP contribution in [0.25, 0.3) is 0 Å². The van der Waals surface area contributed by atoms with Gasteiger partial charge in [0.1, 0.15) is 11.9 Å². The molecule has 0 spiro atoms. The summed E-state index contributed by atoms with van der Waals surface area (Å²) in [5, 5.41) is 9.28. The van der Waals surface area contributed by atoms with Crippen molar-refractivity contribution in [3.05, 3.63) is 23.9 Å². The number of nitriles is 1. The second-order valence-electron chi connectivity index (χ2n) is 7.55. The van der Waals surface area contributed by atoms with E-state index in [1.807, 2.05) is 4.90 Å². The van der Waals surface area contributed by atoms with E-state index in [2.05, 4.69) is 22.9 Å². The van der Waals surface area contributed by atoms with Gasteiger partial charge < -0.3 is 9.80 Å². The lowest BCUT2D eigenvalue weighted by atomic mass is 9.80. The predicted octanol–water partition coefficient (Wildman–Crippen LogP) is 3.21. The number of carbonyl (C=O) groups excluding carboxylic acids is 1. The highest BCUT2D eigenvalue weighted by Gasteiger charge is 2.26. The Morgan fingerprint density at radius 3 is 2.96 bits per heavy atom. The first kappa shape index (κ1) is 17.7. The maximum atomic E-state index is 12.7. The standard InChI is InChI=1S/C20H28N4O/c1-16-5-2-6-17(13-16)14-19(25)23-9-4-10-24(12-11-23)20-18(15-21)7-3-8-22-20/h3,7-8,16-17H,2,4-6,9-14H2,1H3/t16-,17+/m1/s1. The largest absolute Gasteiger partial charge is 0.354 e. The van der Waals surface area contributed by atoms with Gasteiger partial charge in [0, 0.05) is 38.8 Å². The van der Waals surface area contributed by atoms with E-state index >= 15 is 0 Å². The highest BCUT2D eigenvalue weighted by atomic mass is 16.2. The summed E-state index contributed by atoms with van der Waals surface area (Å²) in [5.74, 6) is 2.39. The number of carbonyl (C=O) groups is 1. The number of anilines is 1. The van der Waals surface area contributed by atoms with Crippen molar-refractivity contribution < 1.29 is 4.79 Å². The van der Waals surface area contributed by atoms with Crippen molar-refractivity contribution in [1.82, 2.24) is 9.88 Å². The Labute approximate surface area is 150 Å². The molecule has 0 bridgehead atoms. The van der Waals surface area contributed by atoms with Crippen LogP contribution in [0.4, 0.5) is 5.82 Å². The zero-order valence-corrected chi connectivity index (χ0v) is 15.2. The van der Waals surface area contributed by atoms with Gasteiger partial charge in [-0.25, -0.2) is 4.98 Å². The van der Waals surface area contributed by atoms with Crippen molar-refractivity contribution in [2.45, 2.75) is 45.4 Å². The van der Waals surface area contributed by atoms with Gasteiger partial charge in [0.15, 0.2) is 0 Å². The van der Waals surface area contributed by atoms with Gasteiger partial charge in [0.2, 0.25) is 5.91 Å². The Morgan fingerprint density at radius 1 is 1.28 bits per heavy atom. The molecule has 0 radical (unpaired) electrons. The molecule has 1 saturated heterocycles. The third kappa shape index (κ3) is 4.50. The summed E-state index contributed by atoms with van der Waals surface area (Å²) in [7, 11) is 0. The van der Waals surface area contributed by atoms with Crippen LogP contribution in [0.3, 0.4) is 0 Å². The van der Waals surface area contributed by atoms with Crippen molar-refractivity contribution in [2.75, 3.05) is 31.1 Å². The molecule has 1 saturated carbocycles. The molecule has 2 atom stereocenters. The lowest BCUT2D eigenvalue weighted by molar-refractivity contribution is -0.132. The maximum absolute atomic E-state index is 12.7. The fourth-order valence-corrected chi connectivity index (χ4v) is 4.24. The SMILES string of the molecule is C[C@@H]1CCC[C@H](CC(=O)N2CCCN(c3ncccc3C#N)CC2)C1. The number of rotatable bonds is 3. The van der Waals surface area contributed by atoms with E-state index in [-0.39, 0.29) is 0 Å². The Balaban J connectivity index is 1.58. The third-order valence-electron chi connectivity index (χ3n) is 5.56. The quantitative estimate of drug-likeness (QED) is 0.848. The minimum Gasteiger partial charge on any atom is -0.354 e. The van der Waals surface area contributed by atoms with E-state index < -0.39 is 0 Å². The van der Waals surface area contributed by atoms with Crippen LogP contribution in [0.15, 0.2) is 18.3 Å². The number of hydrogen-bond donors (Lipinski definition) is 0. The van der Waals surface area contributed by atoms with Gasteiger partial charge in [-0.1, -0.05) is 19.8 Å². The van der Waals surface area contributed by atoms with Crippen LogP contribution in [0.2, 0.25) is 0 Å². The lowest BCUT2D eigenvalue weighted by Gasteiger charge is -2.29. The highest BCUT2D eigenvalue weighted by molar-refractivity contribution is 5.76. The molecule has 134 valence electrons. The molecule has 1 aliphatic heterocycles. The van der Waals surface area contributed by atoms with E-state index in [0.29, 0.717) is 23.8 Å². The van der Waals surface area contributed by atoms with Crippen molar-refractivity contribution in [2.24, 2.45) is 11.8 Å². The van der Waals surface area contributed by atoms with Gasteiger partial charge >= 0.3 is 0 Å². The molecule has 1 aromatic rings. The minimum absolute atomic E-state index is 0.308. The summed E-state index contributed by atoms with van der Waals surface area (Å²) in [5.41, 5.74) is 0.610. The monoisotopic (exact) mass is 340 g/mol. The Morgan fingerprint density at radius 2 is 2.16 bits per heavy atom. The smallest absolute Gasteiger partial charge is 0.222 e. The molecule has 0 unspecified atom stereocenters. The second kappa shape index (κ2) is 8.33. The van der Waals surface area contributed by atoms with Crippen LogP contribution in [-0.2, 0) is 4.79 Å². The summed E-state index contributed by atoms with van der Waals surface area (Å²) >= 11 is 0. The third-order valence-corrected chi connectivity index (χ3v) is 5.56. The summed E-state index contributed by atoms with van der Waals surface area (Å²) in [6, 6.07) is 5.82. The summed E-state index contributed by atoms with van der Waals surface area (Å²) in [6.45, 7) is 5.43. The molecule has 1 aliphatic carbocycles. The van der Waals surface area contributed by atoms with Crippen molar-refractivity contribution >= 4 is 11.7 Å². The van der Waals surface area contributed by atoms with Gasteiger partial charge in [0.25, 0.3) is 0 Å². The van der Waals surface area contributed by atoms with E-state index in [4.69, 9.17) is 0 Å². The molecule has 2 fully saturated rings. The molecule has 3 rings (SSSR count). The number of pyridine rings is 1. The van der Waals surface area contributed by atoms with E-state index in [0.717, 1.165) is 44.3 Å². The molecular formula is C20H28N4O. The number of aromatic nitrogens is 1. The first-order valence-corrected chi connectivity index (χ1v) is 9.55. The summed E-state index contributed by atoms with van der Waals surface area (Å²) in [4.78, 5) is 21.3. The second-order valence-corrected chi connectivity index (χ2v) is 7.55. The van der Waals surface area contributed by atoms with Crippen LogP contribution in [0.1, 0.15) is 51.0 Å². The zero-order chi connectivity index (χ0) is 17.6. The number of amides is 1. The number of nitrogens with zero attached hydrogens (tertiary/aromatic N) is 4. The highest BCUT2D eigenvalue weighted by Crippen LogP contribution is 2.31. The van der Waals surface area contributed by atoms with Crippen LogP contribution >= 0.6 is 0 Å². The van der Waals surface area contributed by atoms with E-state index in [1.165, 1.54) is 25.7 Å². The molecular weight excluding hydrogens is 312 g/mol. The van der Waals surface area contributed by atoms with Crippen molar-refractivity contribution in [1.29, 1.82) is 5.26 Å². The Hall–Kier alpha value is -2.09. The first-order valence-electron chi connectivity index (χ1n) is 9.55. The Bertz CT molecular complexity index is 639. The fraction of sp³-hybridized carbons (Fsp3) is 0.650. The van der Waals surface area contributed by atoms with Crippen LogP contribution in [0, 0.1) is 23.2 Å². The average Bonchev–Trinajstić information content (AvgIpc) is 2.88. The van der Waals surface area contributed by atoms with Crippen LogP contribution in [-0.4, -0.2) is 42.0 Å². The lowest BCUT2D eigenvalue weighted by Crippen LogP contribution is -2.36. The van der Waals surface area contributed by atoms with E-state index in [1.54, 1.807) is 18.3 Å². The first-order chi connectivity index (χ1) is 12.2. The molecule has 2 heterocycles. The maximum Gasteiger partial charge on any atom is 0.222 e. The molecule has 25 heavy (non-hydrogen) atoms. The molecule has 1 amide bonds. The zero-order valence-electron chi connectivity index (χ0n) is 15.2. The molecule has 1 aromatic heterocycles. The summed E-state index contributed by atoms with van der Waals surface area (Å²) < 4.78 is 0. The fourth-order valence-electron chi connectivity index (χ4n) is 4.24. The minimum atomic E-state index is 0.308. The molecule has 5 heteroatoms. The average molecular weight is 340 g/mol. The Kier molecular flexibility index (Phi) is 5.91. The van der Waals surface area contributed by atoms with Gasteiger partial charge in [-0.15, -0.1) is 0 Å².